The number of halogens is 1. The Bertz CT molecular complexity index is 1530. The lowest BCUT2D eigenvalue weighted by molar-refractivity contribution is 0.419. The lowest BCUT2D eigenvalue weighted by Gasteiger charge is -2.15. The lowest BCUT2D eigenvalue weighted by atomic mass is 10.1. The molecule has 1 N–H and O–H groups in total. The highest BCUT2D eigenvalue weighted by Crippen LogP contribution is 2.28. The van der Waals surface area contributed by atoms with Crippen molar-refractivity contribution in [3.63, 3.8) is 0 Å². The molecule has 7 nitrogen and oxygen atoms in total. The molecule has 35 heavy (non-hydrogen) atoms. The molecule has 2 aromatic carbocycles. The Hall–Kier alpha value is -3.85. The Balaban J connectivity index is 1.79. The zero-order valence-corrected chi connectivity index (χ0v) is 20.1. The molecule has 0 aliphatic heterocycles. The molecule has 0 aliphatic rings. The maximum absolute atomic E-state index is 13.4. The van der Waals surface area contributed by atoms with Crippen LogP contribution in [0.5, 0.6) is 5.88 Å². The number of benzene rings is 2. The van der Waals surface area contributed by atoms with Crippen LogP contribution in [0.1, 0.15) is 30.4 Å². The van der Waals surface area contributed by atoms with Gasteiger partial charge in [-0.25, -0.2) is 13.4 Å². The predicted molar refractivity (Wildman–Crippen MR) is 130 cm³/mol. The predicted octanol–water partition coefficient (Wildman–Crippen LogP) is 4.29. The fourth-order valence-corrected chi connectivity index (χ4v) is 5.27. The summed E-state index contributed by atoms with van der Waals surface area (Å²) < 4.78 is 41.5. The Kier molecular flexibility index (Phi) is 6.79. The van der Waals surface area contributed by atoms with Crippen LogP contribution in [-0.2, 0) is 22.8 Å². The maximum atomic E-state index is 13.4. The van der Waals surface area contributed by atoms with Crippen LogP contribution in [0.2, 0.25) is 0 Å². The van der Waals surface area contributed by atoms with Crippen LogP contribution < -0.4 is 5.56 Å². The maximum Gasteiger partial charge on any atom is 0.277 e. The molecule has 0 aliphatic carbocycles. The van der Waals surface area contributed by atoms with Crippen LogP contribution in [0.25, 0.3) is 11.1 Å². The minimum absolute atomic E-state index is 0.126. The van der Waals surface area contributed by atoms with Gasteiger partial charge in [-0.05, 0) is 48.7 Å². The number of hydrogen-bond acceptors (Lipinski definition) is 6. The first-order valence-corrected chi connectivity index (χ1v) is 12.6. The van der Waals surface area contributed by atoms with Crippen LogP contribution >= 0.6 is 0 Å². The van der Waals surface area contributed by atoms with Gasteiger partial charge < -0.3 is 5.11 Å². The van der Waals surface area contributed by atoms with Crippen molar-refractivity contribution in [2.75, 3.05) is 0 Å². The molecule has 0 amide bonds. The van der Waals surface area contributed by atoms with E-state index in [4.69, 9.17) is 0 Å². The summed E-state index contributed by atoms with van der Waals surface area (Å²) in [6, 6.07) is 17.7. The van der Waals surface area contributed by atoms with E-state index >= 15 is 0 Å². The number of sulfone groups is 1. The molecule has 2 heterocycles. The van der Waals surface area contributed by atoms with E-state index in [1.807, 2.05) is 37.3 Å². The molecular weight excluding hydrogens is 469 g/mol. The molecule has 0 atom stereocenters. The largest absolute Gasteiger partial charge is 0.492 e. The van der Waals surface area contributed by atoms with Gasteiger partial charge in [0.2, 0.25) is 21.7 Å². The number of rotatable bonds is 7. The molecule has 0 radical (unpaired) electrons. The molecule has 9 heteroatoms. The average molecular weight is 494 g/mol. The van der Waals surface area contributed by atoms with E-state index in [1.165, 1.54) is 22.8 Å². The highest BCUT2D eigenvalue weighted by Gasteiger charge is 2.29. The summed E-state index contributed by atoms with van der Waals surface area (Å²) in [7, 11) is -4.38. The second-order valence-electron chi connectivity index (χ2n) is 8.10. The van der Waals surface area contributed by atoms with Gasteiger partial charge in [0.05, 0.1) is 11.4 Å². The van der Waals surface area contributed by atoms with E-state index in [1.54, 1.807) is 25.1 Å². The third-order valence-electron chi connectivity index (χ3n) is 5.64. The van der Waals surface area contributed by atoms with Gasteiger partial charge in [0.25, 0.3) is 5.56 Å². The molecule has 0 fully saturated rings. The smallest absolute Gasteiger partial charge is 0.277 e. The van der Waals surface area contributed by atoms with Crippen LogP contribution in [0, 0.1) is 12.9 Å². The summed E-state index contributed by atoms with van der Waals surface area (Å²) in [6.45, 7) is 3.68. The number of hydrogen-bond donors (Lipinski definition) is 1. The fourth-order valence-electron chi connectivity index (χ4n) is 3.91. The molecular formula is C26H24FN3O4S. The normalized spacial score (nSPS) is 11.5. The van der Waals surface area contributed by atoms with Crippen LogP contribution in [-0.4, -0.2) is 28.1 Å². The van der Waals surface area contributed by atoms with Gasteiger partial charge in [0, 0.05) is 17.7 Å². The van der Waals surface area contributed by atoms with Gasteiger partial charge in [-0.2, -0.15) is 9.37 Å². The number of aromatic hydroxyl groups is 1. The van der Waals surface area contributed by atoms with Crippen molar-refractivity contribution in [3.8, 4) is 17.0 Å². The molecule has 180 valence electrons. The van der Waals surface area contributed by atoms with Gasteiger partial charge in [-0.1, -0.05) is 49.4 Å². The molecule has 0 spiro atoms. The number of pyridine rings is 1. The Morgan fingerprint density at radius 1 is 0.971 bits per heavy atom. The Labute approximate surface area is 202 Å². The summed E-state index contributed by atoms with van der Waals surface area (Å²) in [5.74, 6) is -1.11. The summed E-state index contributed by atoms with van der Waals surface area (Å²) >= 11 is 0. The van der Waals surface area contributed by atoms with Crippen molar-refractivity contribution in [1.29, 1.82) is 0 Å². The SMILES string of the molecule is CCCc1nc(O)c(S(=O)(=O)c2ccc(-c3ccc(F)nc3C)cc2)c(=O)n1Cc1ccccc1. The second kappa shape index (κ2) is 9.79. The first-order chi connectivity index (χ1) is 16.7. The minimum Gasteiger partial charge on any atom is -0.492 e. The van der Waals surface area contributed by atoms with Crippen molar-refractivity contribution >= 4 is 9.84 Å². The Morgan fingerprint density at radius 2 is 1.66 bits per heavy atom. The summed E-state index contributed by atoms with van der Waals surface area (Å²) in [5.41, 5.74) is 1.71. The monoisotopic (exact) mass is 493 g/mol. The molecule has 0 bridgehead atoms. The summed E-state index contributed by atoms with van der Waals surface area (Å²) in [6.07, 6.45) is 1.06. The van der Waals surface area contributed by atoms with Crippen LogP contribution in [0.15, 0.2) is 81.3 Å². The van der Waals surface area contributed by atoms with E-state index in [0.29, 0.717) is 35.5 Å². The Morgan fingerprint density at radius 3 is 2.29 bits per heavy atom. The third-order valence-corrected chi connectivity index (χ3v) is 7.43. The van der Waals surface area contributed by atoms with Crippen molar-refractivity contribution in [3.05, 3.63) is 100 Å². The van der Waals surface area contributed by atoms with Crippen LogP contribution in [0.4, 0.5) is 4.39 Å². The van der Waals surface area contributed by atoms with E-state index < -0.39 is 32.1 Å². The second-order valence-corrected chi connectivity index (χ2v) is 9.99. The fraction of sp³-hybridized carbons (Fsp3) is 0.192. The van der Waals surface area contributed by atoms with Gasteiger partial charge in [0.15, 0.2) is 4.90 Å². The highest BCUT2D eigenvalue weighted by molar-refractivity contribution is 7.91. The zero-order valence-electron chi connectivity index (χ0n) is 19.3. The van der Waals surface area contributed by atoms with Gasteiger partial charge in [-0.3, -0.25) is 9.36 Å². The first-order valence-electron chi connectivity index (χ1n) is 11.1. The average Bonchev–Trinajstić information content (AvgIpc) is 2.82. The van der Waals surface area contributed by atoms with E-state index in [2.05, 4.69) is 9.97 Å². The van der Waals surface area contributed by atoms with Crippen LogP contribution in [0.3, 0.4) is 0 Å². The summed E-state index contributed by atoms with van der Waals surface area (Å²) in [4.78, 5) is 20.4. The van der Waals surface area contributed by atoms with E-state index in [-0.39, 0.29) is 11.4 Å². The van der Waals surface area contributed by atoms with E-state index in [0.717, 1.165) is 5.56 Å². The molecule has 2 aromatic heterocycles. The van der Waals surface area contributed by atoms with E-state index in [9.17, 15) is 22.7 Å². The first kappa shape index (κ1) is 24.3. The minimum atomic E-state index is -4.38. The molecule has 4 rings (SSSR count). The number of aryl methyl sites for hydroxylation is 2. The third kappa shape index (κ3) is 4.85. The lowest BCUT2D eigenvalue weighted by Crippen LogP contribution is -2.30. The quantitative estimate of drug-likeness (QED) is 0.385. The van der Waals surface area contributed by atoms with Crippen molar-refractivity contribution in [2.24, 2.45) is 0 Å². The number of aromatic nitrogens is 3. The standard InChI is InChI=1S/C26H24FN3O4S/c1-3-7-23-29-25(31)24(26(32)30(23)16-18-8-5-4-6-9-18)35(33,34)20-12-10-19(11-13-20)21-14-15-22(27)28-17(21)2/h4-6,8-15,31H,3,7,16H2,1-2H3. The molecule has 0 saturated heterocycles. The van der Waals surface area contributed by atoms with Gasteiger partial charge >= 0.3 is 0 Å². The van der Waals surface area contributed by atoms with Crippen molar-refractivity contribution in [1.82, 2.24) is 14.5 Å². The summed E-state index contributed by atoms with van der Waals surface area (Å²) in [5, 5.41) is 10.5. The topological polar surface area (TPSA) is 102 Å². The zero-order chi connectivity index (χ0) is 25.2. The number of nitrogens with zero attached hydrogens (tertiary/aromatic N) is 3. The molecule has 0 saturated carbocycles. The van der Waals surface area contributed by atoms with Gasteiger partial charge in [-0.15, -0.1) is 0 Å². The van der Waals surface area contributed by atoms with Gasteiger partial charge in [0.1, 0.15) is 5.82 Å². The molecule has 0 unspecified atom stereocenters. The molecule has 4 aromatic rings. The highest BCUT2D eigenvalue weighted by atomic mass is 32.2. The van der Waals surface area contributed by atoms with Crippen molar-refractivity contribution in [2.45, 2.75) is 43.0 Å². The van der Waals surface area contributed by atoms with Crippen molar-refractivity contribution < 1.29 is 17.9 Å².